The van der Waals surface area contributed by atoms with Gasteiger partial charge in [-0.05, 0) is 17.7 Å². The highest BCUT2D eigenvalue weighted by Gasteiger charge is 2.06. The van der Waals surface area contributed by atoms with Crippen LogP contribution in [0.1, 0.15) is 5.56 Å². The van der Waals surface area contributed by atoms with Crippen LogP contribution in [0.5, 0.6) is 0 Å². The lowest BCUT2D eigenvalue weighted by Gasteiger charge is -2.06. The van der Waals surface area contributed by atoms with E-state index in [-0.39, 0.29) is 11.7 Å². The predicted molar refractivity (Wildman–Crippen MR) is 85.8 cm³/mol. The average molecular weight is 305 g/mol. The summed E-state index contributed by atoms with van der Waals surface area (Å²) in [6.45, 7) is 3.97. The van der Waals surface area contributed by atoms with Gasteiger partial charge in [0.25, 0.3) is 0 Å². The second-order valence-corrected chi connectivity index (χ2v) is 5.49. The van der Waals surface area contributed by atoms with Crippen LogP contribution in [0.25, 0.3) is 4.91 Å². The van der Waals surface area contributed by atoms with E-state index >= 15 is 0 Å². The molecule has 1 aromatic carbocycles. The average Bonchev–Trinajstić information content (AvgIpc) is 2.48. The first-order chi connectivity index (χ1) is 9.65. The van der Waals surface area contributed by atoms with Gasteiger partial charge in [-0.15, -0.1) is 11.8 Å². The topological polar surface area (TPSA) is 42.0 Å². The third-order valence-electron chi connectivity index (χ3n) is 2.47. The first-order valence-corrected chi connectivity index (χ1v) is 7.30. The second-order valence-electron chi connectivity index (χ2n) is 3.99. The van der Waals surface area contributed by atoms with Gasteiger partial charge in [0.15, 0.2) is 0 Å². The van der Waals surface area contributed by atoms with Gasteiger partial charge < -0.3 is 5.32 Å². The normalized spacial score (nSPS) is 10.1. The van der Waals surface area contributed by atoms with Crippen molar-refractivity contribution in [3.05, 3.63) is 65.8 Å². The summed E-state index contributed by atoms with van der Waals surface area (Å²) in [5.74, 6) is 0.658. The maximum Gasteiger partial charge on any atom is 0.235 e. The number of halogens is 1. The minimum Gasteiger partial charge on any atom is -0.310 e. The van der Waals surface area contributed by atoms with E-state index in [9.17, 15) is 4.79 Å². The smallest absolute Gasteiger partial charge is 0.235 e. The third kappa shape index (κ3) is 4.40. The van der Waals surface area contributed by atoms with Gasteiger partial charge >= 0.3 is 0 Å². The molecule has 1 aromatic heterocycles. The first kappa shape index (κ1) is 14.6. The van der Waals surface area contributed by atoms with Crippen molar-refractivity contribution in [2.75, 3.05) is 11.1 Å². The molecule has 2 rings (SSSR count). The Morgan fingerprint density at radius 1 is 1.25 bits per heavy atom. The number of carbonyl (C=O) groups excluding carboxylic acids is 1. The Hall–Kier alpha value is -1.78. The number of pyridine rings is 1. The van der Waals surface area contributed by atoms with Gasteiger partial charge in [-0.1, -0.05) is 48.5 Å². The minimum atomic E-state index is -0.123. The van der Waals surface area contributed by atoms with Gasteiger partial charge in [-0.3, -0.25) is 4.79 Å². The zero-order chi connectivity index (χ0) is 14.4. The molecule has 0 aliphatic carbocycles. The van der Waals surface area contributed by atoms with Crippen molar-refractivity contribution in [3.8, 4) is 0 Å². The van der Waals surface area contributed by atoms with Crippen molar-refractivity contribution in [2.45, 2.75) is 0 Å². The van der Waals surface area contributed by atoms with Crippen LogP contribution in [0.3, 0.4) is 0 Å². The molecule has 3 nitrogen and oxygen atoms in total. The molecule has 0 aliphatic heterocycles. The van der Waals surface area contributed by atoms with Gasteiger partial charge in [-0.25, -0.2) is 4.98 Å². The van der Waals surface area contributed by atoms with Crippen molar-refractivity contribution in [1.29, 1.82) is 0 Å². The largest absolute Gasteiger partial charge is 0.310 e. The summed E-state index contributed by atoms with van der Waals surface area (Å²) in [5.41, 5.74) is 1.02. The van der Waals surface area contributed by atoms with Crippen molar-refractivity contribution in [3.63, 3.8) is 0 Å². The van der Waals surface area contributed by atoms with E-state index in [2.05, 4.69) is 16.9 Å². The van der Waals surface area contributed by atoms with Crippen molar-refractivity contribution < 1.29 is 4.79 Å². The Balaban J connectivity index is 1.83. The van der Waals surface area contributed by atoms with Crippen molar-refractivity contribution in [1.82, 2.24) is 4.98 Å². The van der Waals surface area contributed by atoms with Crippen LogP contribution in [0.4, 0.5) is 5.82 Å². The van der Waals surface area contributed by atoms with Gasteiger partial charge in [0, 0.05) is 11.1 Å². The summed E-state index contributed by atoms with van der Waals surface area (Å²) in [6, 6.07) is 13.1. The lowest BCUT2D eigenvalue weighted by molar-refractivity contribution is -0.113. The summed E-state index contributed by atoms with van der Waals surface area (Å²) in [6.07, 6.45) is 1.49. The highest BCUT2D eigenvalue weighted by atomic mass is 35.5. The van der Waals surface area contributed by atoms with E-state index in [1.54, 1.807) is 12.1 Å². The summed E-state index contributed by atoms with van der Waals surface area (Å²) < 4.78 is 0. The molecule has 0 fully saturated rings. The van der Waals surface area contributed by atoms with Crippen LogP contribution < -0.4 is 5.32 Å². The van der Waals surface area contributed by atoms with Gasteiger partial charge in [0.05, 0.1) is 10.8 Å². The molecule has 102 valence electrons. The molecule has 0 saturated carbocycles. The van der Waals surface area contributed by atoms with Crippen LogP contribution >= 0.6 is 23.4 Å². The highest BCUT2D eigenvalue weighted by molar-refractivity contribution is 8.08. The van der Waals surface area contributed by atoms with E-state index in [4.69, 9.17) is 11.6 Å². The first-order valence-electron chi connectivity index (χ1n) is 5.93. The van der Waals surface area contributed by atoms with E-state index in [0.29, 0.717) is 10.8 Å². The molecular weight excluding hydrogens is 292 g/mol. The van der Waals surface area contributed by atoms with E-state index in [1.807, 2.05) is 30.3 Å². The molecule has 1 heterocycles. The lowest BCUT2D eigenvalue weighted by atomic mass is 10.2. The number of rotatable bonds is 5. The molecule has 1 amide bonds. The minimum absolute atomic E-state index is 0.123. The fourth-order valence-electron chi connectivity index (χ4n) is 1.49. The fourth-order valence-corrected chi connectivity index (χ4v) is 2.28. The van der Waals surface area contributed by atoms with E-state index in [1.165, 1.54) is 18.0 Å². The van der Waals surface area contributed by atoms with Crippen molar-refractivity contribution in [2.24, 2.45) is 0 Å². The Morgan fingerprint density at radius 2 is 2.00 bits per heavy atom. The summed E-state index contributed by atoms with van der Waals surface area (Å²) >= 11 is 7.13. The standard InChI is InChI=1S/C15H13ClN2OS/c1-11(12-5-3-2-4-6-12)20-10-15(19)18-14-8-7-13(16)9-17-14/h2-9H,1,10H2,(H,17,18,19). The summed E-state index contributed by atoms with van der Waals surface area (Å²) in [4.78, 5) is 16.7. The number of hydrogen-bond donors (Lipinski definition) is 1. The Labute approximate surface area is 127 Å². The number of aromatic nitrogens is 1. The third-order valence-corrected chi connectivity index (χ3v) is 3.68. The van der Waals surface area contributed by atoms with Crippen molar-refractivity contribution >= 4 is 40.0 Å². The monoisotopic (exact) mass is 304 g/mol. The number of thioether (sulfide) groups is 1. The lowest BCUT2D eigenvalue weighted by Crippen LogP contribution is -2.14. The molecular formula is C15H13ClN2OS. The Bertz CT molecular complexity index is 599. The number of nitrogens with one attached hydrogen (secondary N) is 1. The predicted octanol–water partition coefficient (Wildman–Crippen LogP) is 4.08. The van der Waals surface area contributed by atoms with Crippen LogP contribution in [-0.4, -0.2) is 16.6 Å². The zero-order valence-electron chi connectivity index (χ0n) is 10.7. The Kier molecular flexibility index (Phi) is 5.21. The quantitative estimate of drug-likeness (QED) is 0.905. The van der Waals surface area contributed by atoms with E-state index < -0.39 is 0 Å². The number of carbonyl (C=O) groups is 1. The van der Waals surface area contributed by atoms with Crippen LogP contribution in [0, 0.1) is 0 Å². The number of nitrogens with zero attached hydrogens (tertiary/aromatic N) is 1. The molecule has 1 N–H and O–H groups in total. The molecule has 5 heteroatoms. The molecule has 2 aromatic rings. The van der Waals surface area contributed by atoms with E-state index in [0.717, 1.165) is 10.5 Å². The number of anilines is 1. The maximum atomic E-state index is 11.8. The van der Waals surface area contributed by atoms with Gasteiger partial charge in [-0.2, -0.15) is 0 Å². The number of amides is 1. The van der Waals surface area contributed by atoms with Gasteiger partial charge in [0.2, 0.25) is 5.91 Å². The summed E-state index contributed by atoms with van der Waals surface area (Å²) in [5, 5.41) is 3.24. The Morgan fingerprint density at radius 3 is 2.65 bits per heavy atom. The summed E-state index contributed by atoms with van der Waals surface area (Å²) in [7, 11) is 0. The number of benzene rings is 1. The zero-order valence-corrected chi connectivity index (χ0v) is 12.2. The van der Waals surface area contributed by atoms with Crippen LogP contribution in [0.15, 0.2) is 55.2 Å². The fraction of sp³-hybridized carbons (Fsp3) is 0.0667. The SMILES string of the molecule is C=C(SCC(=O)Nc1ccc(Cl)cn1)c1ccccc1. The van der Waals surface area contributed by atoms with Crippen LogP contribution in [-0.2, 0) is 4.79 Å². The number of hydrogen-bond acceptors (Lipinski definition) is 3. The molecule has 0 radical (unpaired) electrons. The highest BCUT2D eigenvalue weighted by Crippen LogP contribution is 2.25. The molecule has 0 saturated heterocycles. The van der Waals surface area contributed by atoms with Gasteiger partial charge in [0.1, 0.15) is 5.82 Å². The molecule has 0 spiro atoms. The molecule has 0 atom stereocenters. The van der Waals surface area contributed by atoms with Crippen LogP contribution in [0.2, 0.25) is 5.02 Å². The molecule has 0 aliphatic rings. The second kappa shape index (κ2) is 7.12. The maximum absolute atomic E-state index is 11.8. The molecule has 0 bridgehead atoms. The molecule has 0 unspecified atom stereocenters. The molecule has 20 heavy (non-hydrogen) atoms.